The van der Waals surface area contributed by atoms with Crippen molar-refractivity contribution >= 4 is 5.91 Å². The van der Waals surface area contributed by atoms with Gasteiger partial charge in [0.2, 0.25) is 0 Å². The van der Waals surface area contributed by atoms with Crippen molar-refractivity contribution in [2.24, 2.45) is 0 Å². The van der Waals surface area contributed by atoms with Crippen molar-refractivity contribution < 1.29 is 9.53 Å². The Bertz CT molecular complexity index is 413. The number of aryl methyl sites for hydroxylation is 1. The highest BCUT2D eigenvalue weighted by Gasteiger charge is 2.09. The quantitative estimate of drug-likeness (QED) is 0.803. The highest BCUT2D eigenvalue weighted by Crippen LogP contribution is 2.24. The van der Waals surface area contributed by atoms with Gasteiger partial charge in [-0.25, -0.2) is 0 Å². The lowest BCUT2D eigenvalue weighted by Gasteiger charge is -2.16. The van der Waals surface area contributed by atoms with E-state index in [2.05, 4.69) is 19.9 Å². The van der Waals surface area contributed by atoms with Crippen molar-refractivity contribution in [3.8, 4) is 5.75 Å². The van der Waals surface area contributed by atoms with Crippen LogP contribution >= 0.6 is 0 Å². The highest BCUT2D eigenvalue weighted by atomic mass is 16.5. The van der Waals surface area contributed by atoms with Gasteiger partial charge in [-0.05, 0) is 37.0 Å². The zero-order chi connectivity index (χ0) is 13.7. The Labute approximate surface area is 110 Å². The smallest absolute Gasteiger partial charge is 0.260 e. The van der Waals surface area contributed by atoms with Crippen LogP contribution in [0.1, 0.15) is 37.8 Å². The van der Waals surface area contributed by atoms with Gasteiger partial charge < -0.3 is 9.64 Å². The molecule has 3 heteroatoms. The zero-order valence-corrected chi connectivity index (χ0v) is 12.0. The number of carbonyl (C=O) groups excluding carboxylic acids is 1. The highest BCUT2D eigenvalue weighted by molar-refractivity contribution is 5.77. The molecule has 0 heterocycles. The second-order valence-corrected chi connectivity index (χ2v) is 4.88. The van der Waals surface area contributed by atoms with E-state index in [0.717, 1.165) is 11.3 Å². The van der Waals surface area contributed by atoms with Crippen molar-refractivity contribution in [3.63, 3.8) is 0 Å². The van der Waals surface area contributed by atoms with Gasteiger partial charge in [0, 0.05) is 13.6 Å². The predicted molar refractivity (Wildman–Crippen MR) is 74.1 cm³/mol. The SMILES string of the molecule is CCN(C)C(=O)COc1cc(C(C)C)ccc1C. The monoisotopic (exact) mass is 249 g/mol. The van der Waals surface area contributed by atoms with E-state index in [1.165, 1.54) is 5.56 Å². The first-order valence-corrected chi connectivity index (χ1v) is 6.43. The number of amides is 1. The maximum atomic E-state index is 11.7. The van der Waals surface area contributed by atoms with Crippen LogP contribution in [0.15, 0.2) is 18.2 Å². The van der Waals surface area contributed by atoms with Crippen molar-refractivity contribution in [2.75, 3.05) is 20.2 Å². The number of hydrogen-bond acceptors (Lipinski definition) is 2. The average Bonchev–Trinajstić information content (AvgIpc) is 2.36. The lowest BCUT2D eigenvalue weighted by atomic mass is 10.0. The molecule has 0 N–H and O–H groups in total. The normalized spacial score (nSPS) is 10.6. The van der Waals surface area contributed by atoms with Gasteiger partial charge in [0.05, 0.1) is 0 Å². The van der Waals surface area contributed by atoms with E-state index in [0.29, 0.717) is 12.5 Å². The lowest BCUT2D eigenvalue weighted by molar-refractivity contribution is -0.131. The number of nitrogens with zero attached hydrogens (tertiary/aromatic N) is 1. The fourth-order valence-corrected chi connectivity index (χ4v) is 1.56. The van der Waals surface area contributed by atoms with E-state index < -0.39 is 0 Å². The number of likely N-dealkylation sites (N-methyl/N-ethyl adjacent to an activating group) is 1. The predicted octanol–water partition coefficient (Wildman–Crippen LogP) is 2.98. The molecule has 0 unspecified atom stereocenters. The van der Waals surface area contributed by atoms with Crippen molar-refractivity contribution in [2.45, 2.75) is 33.6 Å². The Morgan fingerprint density at radius 3 is 2.61 bits per heavy atom. The molecule has 0 aliphatic rings. The maximum absolute atomic E-state index is 11.7. The van der Waals surface area contributed by atoms with Gasteiger partial charge >= 0.3 is 0 Å². The number of benzene rings is 1. The molecule has 0 saturated heterocycles. The molecule has 3 nitrogen and oxygen atoms in total. The second kappa shape index (κ2) is 6.43. The van der Waals surface area contributed by atoms with Gasteiger partial charge in [0.1, 0.15) is 5.75 Å². The average molecular weight is 249 g/mol. The van der Waals surface area contributed by atoms with Crippen molar-refractivity contribution in [3.05, 3.63) is 29.3 Å². The first-order valence-electron chi connectivity index (χ1n) is 6.43. The van der Waals surface area contributed by atoms with Gasteiger partial charge in [-0.3, -0.25) is 4.79 Å². The van der Waals surface area contributed by atoms with E-state index in [1.807, 2.05) is 26.0 Å². The van der Waals surface area contributed by atoms with Crippen LogP contribution in [0.2, 0.25) is 0 Å². The Kier molecular flexibility index (Phi) is 5.20. The molecule has 1 aromatic carbocycles. The molecule has 0 aliphatic heterocycles. The summed E-state index contributed by atoms with van der Waals surface area (Å²) in [5, 5.41) is 0. The molecule has 0 fully saturated rings. The topological polar surface area (TPSA) is 29.5 Å². The molecule has 1 rings (SSSR count). The minimum Gasteiger partial charge on any atom is -0.483 e. The van der Waals surface area contributed by atoms with Crippen LogP contribution in [-0.4, -0.2) is 31.0 Å². The van der Waals surface area contributed by atoms with Gasteiger partial charge in [0.25, 0.3) is 5.91 Å². The molecular weight excluding hydrogens is 226 g/mol. The Morgan fingerprint density at radius 1 is 1.39 bits per heavy atom. The summed E-state index contributed by atoms with van der Waals surface area (Å²) in [4.78, 5) is 13.3. The minimum absolute atomic E-state index is 0.00634. The summed E-state index contributed by atoms with van der Waals surface area (Å²) in [5.41, 5.74) is 2.29. The molecule has 0 spiro atoms. The second-order valence-electron chi connectivity index (χ2n) is 4.88. The fraction of sp³-hybridized carbons (Fsp3) is 0.533. The van der Waals surface area contributed by atoms with Gasteiger partial charge in [0.15, 0.2) is 6.61 Å². The van der Waals surface area contributed by atoms with Crippen LogP contribution in [0, 0.1) is 6.92 Å². The Balaban J connectivity index is 2.72. The Morgan fingerprint density at radius 2 is 2.06 bits per heavy atom. The first-order chi connectivity index (χ1) is 8.45. The molecule has 0 radical (unpaired) electrons. The molecule has 1 amide bonds. The third kappa shape index (κ3) is 3.76. The van der Waals surface area contributed by atoms with E-state index in [1.54, 1.807) is 11.9 Å². The fourth-order valence-electron chi connectivity index (χ4n) is 1.56. The van der Waals surface area contributed by atoms with Crippen LogP contribution in [0.25, 0.3) is 0 Å². The molecule has 0 atom stereocenters. The van der Waals surface area contributed by atoms with E-state index in [9.17, 15) is 4.79 Å². The summed E-state index contributed by atoms with van der Waals surface area (Å²) < 4.78 is 5.62. The summed E-state index contributed by atoms with van der Waals surface area (Å²) in [6.45, 7) is 9.03. The number of ether oxygens (including phenoxy) is 1. The molecule has 100 valence electrons. The minimum atomic E-state index is 0.00634. The summed E-state index contributed by atoms with van der Waals surface area (Å²) in [5.74, 6) is 1.27. The lowest BCUT2D eigenvalue weighted by Crippen LogP contribution is -2.31. The third-order valence-electron chi connectivity index (χ3n) is 3.13. The first kappa shape index (κ1) is 14.6. The van der Waals surface area contributed by atoms with Crippen LogP contribution in [0.4, 0.5) is 0 Å². The summed E-state index contributed by atoms with van der Waals surface area (Å²) in [7, 11) is 1.78. The van der Waals surface area contributed by atoms with Crippen LogP contribution in [0.5, 0.6) is 5.75 Å². The van der Waals surface area contributed by atoms with Crippen LogP contribution < -0.4 is 4.74 Å². The summed E-state index contributed by atoms with van der Waals surface area (Å²) >= 11 is 0. The van der Waals surface area contributed by atoms with E-state index in [-0.39, 0.29) is 12.5 Å². The molecule has 0 bridgehead atoms. The van der Waals surface area contributed by atoms with Crippen molar-refractivity contribution in [1.29, 1.82) is 0 Å². The Hall–Kier alpha value is -1.51. The van der Waals surface area contributed by atoms with Gasteiger partial charge in [-0.1, -0.05) is 26.0 Å². The molecular formula is C15H23NO2. The van der Waals surface area contributed by atoms with Crippen LogP contribution in [-0.2, 0) is 4.79 Å². The van der Waals surface area contributed by atoms with E-state index in [4.69, 9.17) is 4.74 Å². The molecule has 1 aromatic rings. The van der Waals surface area contributed by atoms with E-state index >= 15 is 0 Å². The standard InChI is InChI=1S/C15H23NO2/c1-6-16(5)15(17)10-18-14-9-13(11(2)3)8-7-12(14)4/h7-9,11H,6,10H2,1-5H3. The maximum Gasteiger partial charge on any atom is 0.260 e. The molecule has 18 heavy (non-hydrogen) atoms. The third-order valence-corrected chi connectivity index (χ3v) is 3.13. The zero-order valence-electron chi connectivity index (χ0n) is 12.0. The largest absolute Gasteiger partial charge is 0.483 e. The van der Waals surface area contributed by atoms with Crippen LogP contribution in [0.3, 0.4) is 0 Å². The van der Waals surface area contributed by atoms with Gasteiger partial charge in [-0.2, -0.15) is 0 Å². The molecule has 0 saturated carbocycles. The summed E-state index contributed by atoms with van der Waals surface area (Å²) in [6, 6.07) is 6.17. The number of carbonyl (C=O) groups is 1. The number of rotatable bonds is 5. The van der Waals surface area contributed by atoms with Crippen molar-refractivity contribution in [1.82, 2.24) is 4.90 Å². The summed E-state index contributed by atoms with van der Waals surface area (Å²) in [6.07, 6.45) is 0. The molecule has 0 aromatic heterocycles. The molecule has 0 aliphatic carbocycles. The number of hydrogen-bond donors (Lipinski definition) is 0. The van der Waals surface area contributed by atoms with Gasteiger partial charge in [-0.15, -0.1) is 0 Å².